The van der Waals surface area contributed by atoms with Crippen LogP contribution in [0.25, 0.3) is 0 Å². The molecule has 1 aromatic carbocycles. The molecule has 0 amide bonds. The van der Waals surface area contributed by atoms with Crippen LogP contribution in [0.15, 0.2) is 23.1 Å². The van der Waals surface area contributed by atoms with E-state index in [2.05, 4.69) is 0 Å². The number of hydrogen-bond acceptors (Lipinski definition) is 3. The summed E-state index contributed by atoms with van der Waals surface area (Å²) in [7, 11) is -3.55. The van der Waals surface area contributed by atoms with E-state index in [9.17, 15) is 21.6 Å². The van der Waals surface area contributed by atoms with Gasteiger partial charge in [0.25, 0.3) is 0 Å². The topological polar surface area (TPSA) is 60.2 Å². The molecule has 0 fully saturated rings. The Hall–Kier alpha value is -1.08. The highest BCUT2D eigenvalue weighted by molar-refractivity contribution is 7.91. The highest BCUT2D eigenvalue weighted by Crippen LogP contribution is 2.31. The van der Waals surface area contributed by atoms with Crippen LogP contribution in [-0.2, 0) is 22.6 Å². The first-order chi connectivity index (χ1) is 7.72. The van der Waals surface area contributed by atoms with Crippen molar-refractivity contribution in [1.82, 2.24) is 0 Å². The third-order valence-corrected chi connectivity index (χ3v) is 4.15. The van der Waals surface area contributed by atoms with Gasteiger partial charge in [-0.1, -0.05) is 6.92 Å². The molecule has 3 nitrogen and oxygen atoms in total. The average Bonchev–Trinajstić information content (AvgIpc) is 2.27. The van der Waals surface area contributed by atoms with E-state index in [1.165, 1.54) is 6.92 Å². The second kappa shape index (κ2) is 4.66. The van der Waals surface area contributed by atoms with Gasteiger partial charge in [-0.15, -0.1) is 0 Å². The van der Waals surface area contributed by atoms with Crippen LogP contribution in [-0.4, -0.2) is 14.2 Å². The van der Waals surface area contributed by atoms with Gasteiger partial charge >= 0.3 is 6.18 Å². The van der Waals surface area contributed by atoms with Crippen LogP contribution in [0.1, 0.15) is 18.1 Å². The van der Waals surface area contributed by atoms with Gasteiger partial charge in [-0.25, -0.2) is 8.42 Å². The van der Waals surface area contributed by atoms with E-state index in [0.29, 0.717) is 0 Å². The summed E-state index contributed by atoms with van der Waals surface area (Å²) in [5.41, 5.74) is 4.37. The van der Waals surface area contributed by atoms with Crippen LogP contribution in [0.4, 0.5) is 13.2 Å². The van der Waals surface area contributed by atoms with Crippen molar-refractivity contribution < 1.29 is 21.6 Å². The van der Waals surface area contributed by atoms with Crippen LogP contribution in [0, 0.1) is 0 Å². The zero-order chi connectivity index (χ0) is 13.3. The molecule has 0 saturated carbocycles. The molecule has 0 atom stereocenters. The molecule has 0 saturated heterocycles. The van der Waals surface area contributed by atoms with Gasteiger partial charge in [0.2, 0.25) is 0 Å². The second-order valence-corrected chi connectivity index (χ2v) is 5.67. The zero-order valence-corrected chi connectivity index (χ0v) is 9.90. The Morgan fingerprint density at radius 1 is 1.29 bits per heavy atom. The third-order valence-electron chi connectivity index (χ3n) is 2.32. The molecule has 0 bridgehead atoms. The predicted octanol–water partition coefficient (Wildman–Crippen LogP) is 1.96. The van der Waals surface area contributed by atoms with Gasteiger partial charge < -0.3 is 5.73 Å². The molecule has 0 unspecified atom stereocenters. The summed E-state index contributed by atoms with van der Waals surface area (Å²) < 4.78 is 60.5. The van der Waals surface area contributed by atoms with Crippen LogP contribution in [0.5, 0.6) is 0 Å². The van der Waals surface area contributed by atoms with Crippen molar-refractivity contribution in [2.24, 2.45) is 5.73 Å². The van der Waals surface area contributed by atoms with Gasteiger partial charge in [0, 0.05) is 6.54 Å². The number of halogens is 3. The predicted molar refractivity (Wildman–Crippen MR) is 57.1 cm³/mol. The van der Waals surface area contributed by atoms with Gasteiger partial charge in [-0.05, 0) is 23.8 Å². The largest absolute Gasteiger partial charge is 0.416 e. The number of alkyl halides is 3. The average molecular weight is 267 g/mol. The maximum absolute atomic E-state index is 12.4. The fourth-order valence-electron chi connectivity index (χ4n) is 1.37. The van der Waals surface area contributed by atoms with Gasteiger partial charge in [0.15, 0.2) is 9.84 Å². The molecule has 0 radical (unpaired) electrons. The standard InChI is InChI=1S/C10H12F3NO2S/c1-2-17(15,16)9-4-3-8(10(11,12)13)5-7(9)6-14/h3-5H,2,6,14H2,1H3. The summed E-state index contributed by atoms with van der Waals surface area (Å²) in [6, 6.07) is 2.49. The Kier molecular flexibility index (Phi) is 3.83. The Labute approximate surface area is 97.4 Å². The van der Waals surface area contributed by atoms with Crippen molar-refractivity contribution in [1.29, 1.82) is 0 Å². The molecule has 96 valence electrons. The fraction of sp³-hybridized carbons (Fsp3) is 0.400. The summed E-state index contributed by atoms with van der Waals surface area (Å²) in [5, 5.41) is 0. The summed E-state index contributed by atoms with van der Waals surface area (Å²) in [4.78, 5) is -0.129. The minimum absolute atomic E-state index is 0.0123. The lowest BCUT2D eigenvalue weighted by Crippen LogP contribution is -2.13. The third kappa shape index (κ3) is 2.98. The lowest BCUT2D eigenvalue weighted by atomic mass is 10.1. The second-order valence-electron chi connectivity index (χ2n) is 3.43. The van der Waals surface area contributed by atoms with E-state index in [1.54, 1.807) is 0 Å². The smallest absolute Gasteiger partial charge is 0.326 e. The van der Waals surface area contributed by atoms with Crippen molar-refractivity contribution in [3.05, 3.63) is 29.3 Å². The fourth-order valence-corrected chi connectivity index (χ4v) is 2.50. The molecule has 1 rings (SSSR count). The number of nitrogens with two attached hydrogens (primary N) is 1. The molecule has 0 heterocycles. The minimum atomic E-state index is -4.50. The monoisotopic (exact) mass is 267 g/mol. The van der Waals surface area contributed by atoms with Crippen LogP contribution in [0.3, 0.4) is 0 Å². The minimum Gasteiger partial charge on any atom is -0.326 e. The molecule has 17 heavy (non-hydrogen) atoms. The normalized spacial score (nSPS) is 12.8. The van der Waals surface area contributed by atoms with Crippen molar-refractivity contribution in [2.75, 3.05) is 5.75 Å². The maximum Gasteiger partial charge on any atom is 0.416 e. The van der Waals surface area contributed by atoms with E-state index in [1.807, 2.05) is 0 Å². The van der Waals surface area contributed by atoms with Crippen LogP contribution < -0.4 is 5.73 Å². The number of hydrogen-bond donors (Lipinski definition) is 1. The number of sulfone groups is 1. The molecule has 0 aromatic heterocycles. The molecular formula is C10H12F3NO2S. The number of benzene rings is 1. The quantitative estimate of drug-likeness (QED) is 0.910. The molecule has 2 N–H and O–H groups in total. The van der Waals surface area contributed by atoms with Crippen molar-refractivity contribution in [3.8, 4) is 0 Å². The summed E-state index contributed by atoms with van der Waals surface area (Å²) in [5.74, 6) is -0.175. The first-order valence-corrected chi connectivity index (χ1v) is 6.50. The van der Waals surface area contributed by atoms with E-state index in [-0.39, 0.29) is 22.8 Å². The SMILES string of the molecule is CCS(=O)(=O)c1ccc(C(F)(F)F)cc1CN. The Morgan fingerprint density at radius 2 is 1.88 bits per heavy atom. The van der Waals surface area contributed by atoms with Crippen LogP contribution in [0.2, 0.25) is 0 Å². The summed E-state index contributed by atoms with van der Waals surface area (Å²) >= 11 is 0. The molecule has 0 aliphatic rings. The van der Waals surface area contributed by atoms with E-state index >= 15 is 0 Å². The molecule has 1 aromatic rings. The van der Waals surface area contributed by atoms with Gasteiger partial charge in [-0.2, -0.15) is 13.2 Å². The molecule has 0 spiro atoms. The number of rotatable bonds is 3. The molecule has 7 heteroatoms. The molecular weight excluding hydrogens is 255 g/mol. The lowest BCUT2D eigenvalue weighted by molar-refractivity contribution is -0.137. The van der Waals surface area contributed by atoms with E-state index < -0.39 is 21.6 Å². The highest BCUT2D eigenvalue weighted by Gasteiger charge is 2.31. The van der Waals surface area contributed by atoms with Gasteiger partial charge in [-0.3, -0.25) is 0 Å². The highest BCUT2D eigenvalue weighted by atomic mass is 32.2. The zero-order valence-electron chi connectivity index (χ0n) is 9.08. The first kappa shape index (κ1) is 14.0. The van der Waals surface area contributed by atoms with E-state index in [0.717, 1.165) is 18.2 Å². The lowest BCUT2D eigenvalue weighted by Gasteiger charge is -2.12. The molecule has 0 aliphatic heterocycles. The maximum atomic E-state index is 12.4. The van der Waals surface area contributed by atoms with Gasteiger partial charge in [0.1, 0.15) is 0 Å². The van der Waals surface area contributed by atoms with E-state index in [4.69, 9.17) is 5.73 Å². The Morgan fingerprint density at radius 3 is 2.29 bits per heavy atom. The van der Waals surface area contributed by atoms with Crippen molar-refractivity contribution in [3.63, 3.8) is 0 Å². The first-order valence-electron chi connectivity index (χ1n) is 4.85. The summed E-state index contributed by atoms with van der Waals surface area (Å²) in [6.07, 6.45) is -4.50. The van der Waals surface area contributed by atoms with Gasteiger partial charge in [0.05, 0.1) is 16.2 Å². The van der Waals surface area contributed by atoms with Crippen molar-refractivity contribution >= 4 is 9.84 Å². The van der Waals surface area contributed by atoms with Crippen LogP contribution >= 0.6 is 0 Å². The Bertz CT molecular complexity index is 509. The van der Waals surface area contributed by atoms with Crippen molar-refractivity contribution in [2.45, 2.75) is 24.5 Å². The summed E-state index contributed by atoms with van der Waals surface area (Å²) in [6.45, 7) is 1.17. The Balaban J connectivity index is 3.39. The molecule has 0 aliphatic carbocycles.